The zero-order chi connectivity index (χ0) is 23.0. The van der Waals surface area contributed by atoms with Crippen LogP contribution in [0.4, 0.5) is 4.79 Å². The van der Waals surface area contributed by atoms with E-state index in [0.717, 1.165) is 5.56 Å². The minimum atomic E-state index is -1.97. The molecule has 0 heterocycles. The van der Waals surface area contributed by atoms with Crippen molar-refractivity contribution in [2.45, 2.75) is 25.7 Å². The van der Waals surface area contributed by atoms with Crippen LogP contribution >= 0.6 is 0 Å². The smallest absolute Gasteiger partial charge is 0.434 e. The number of rotatable bonds is 8. The van der Waals surface area contributed by atoms with Gasteiger partial charge >= 0.3 is 6.09 Å². The third-order valence-corrected chi connectivity index (χ3v) is 8.17. The summed E-state index contributed by atoms with van der Waals surface area (Å²) in [5.41, 5.74) is 3.63. The van der Waals surface area contributed by atoms with Gasteiger partial charge in [0.25, 0.3) is 0 Å². The maximum Gasteiger partial charge on any atom is 0.434 e. The van der Waals surface area contributed by atoms with E-state index in [1.165, 1.54) is 5.19 Å². The molecule has 0 aliphatic heterocycles. The predicted octanol–water partition coefficient (Wildman–Crippen LogP) is 5.48. The molecule has 0 spiro atoms. The van der Waals surface area contributed by atoms with Crippen LogP contribution in [0, 0.1) is 0 Å². The highest BCUT2D eigenvalue weighted by molar-refractivity contribution is 6.93. The fraction of sp³-hybridized carbons (Fsp3) is 0.192. The Bertz CT molecular complexity index is 1040. The molecule has 1 atom stereocenters. The Labute approximate surface area is 190 Å². The van der Waals surface area contributed by atoms with Crippen LogP contribution in [0.15, 0.2) is 96.7 Å². The third kappa shape index (κ3) is 5.87. The lowest BCUT2D eigenvalue weighted by molar-refractivity contribution is -0.0961. The van der Waals surface area contributed by atoms with Gasteiger partial charge in [-0.2, -0.15) is 5.06 Å². The number of para-hydroxylation sites is 1. The van der Waals surface area contributed by atoms with E-state index in [-0.39, 0.29) is 6.61 Å². The van der Waals surface area contributed by atoms with Crippen molar-refractivity contribution in [3.63, 3.8) is 0 Å². The van der Waals surface area contributed by atoms with Crippen molar-refractivity contribution in [2.75, 3.05) is 7.11 Å². The number of benzene rings is 3. The lowest BCUT2D eigenvalue weighted by Crippen LogP contribution is -2.40. The number of ether oxygens (including phenoxy) is 2. The van der Waals surface area contributed by atoms with Crippen molar-refractivity contribution in [3.05, 3.63) is 108 Å². The van der Waals surface area contributed by atoms with Crippen LogP contribution in [0.25, 0.3) is 0 Å². The van der Waals surface area contributed by atoms with Gasteiger partial charge in [-0.1, -0.05) is 109 Å². The average molecular weight is 448 g/mol. The summed E-state index contributed by atoms with van der Waals surface area (Å²) in [6.07, 6.45) is 1.04. The number of nitrogens with zero attached hydrogens (tertiary/aromatic N) is 1. The standard InChI is InChI=1S/C26H29NO4Si/c1-30-25-17-11-10-16-23(25)24(18-19-32(2,3)22-14-8-5-9-15-22)27(29)26(28)31-20-21-12-6-4-7-13-21/h4-19,24,29H,20H2,1-3H3/b19-18+. The maximum atomic E-state index is 12.7. The maximum absolute atomic E-state index is 12.7. The fourth-order valence-electron chi connectivity index (χ4n) is 3.42. The van der Waals surface area contributed by atoms with Crippen LogP contribution in [0.2, 0.25) is 13.1 Å². The number of methoxy groups -OCH3 is 1. The summed E-state index contributed by atoms with van der Waals surface area (Å²) >= 11 is 0. The summed E-state index contributed by atoms with van der Waals surface area (Å²) in [7, 11) is -0.399. The topological polar surface area (TPSA) is 59.0 Å². The Morgan fingerprint density at radius 1 is 0.969 bits per heavy atom. The van der Waals surface area contributed by atoms with Crippen LogP contribution in [0.1, 0.15) is 17.2 Å². The van der Waals surface area contributed by atoms with Crippen molar-refractivity contribution in [3.8, 4) is 5.75 Å². The van der Waals surface area contributed by atoms with Gasteiger partial charge in [-0.15, -0.1) is 0 Å². The minimum Gasteiger partial charge on any atom is -0.496 e. The van der Waals surface area contributed by atoms with E-state index in [1.54, 1.807) is 13.2 Å². The Morgan fingerprint density at radius 2 is 1.56 bits per heavy atom. The molecule has 0 aliphatic rings. The molecule has 3 rings (SSSR count). The van der Waals surface area contributed by atoms with Gasteiger partial charge in [0, 0.05) is 5.56 Å². The summed E-state index contributed by atoms with van der Waals surface area (Å²) < 4.78 is 10.8. The molecule has 0 saturated heterocycles. The quantitative estimate of drug-likeness (QED) is 0.282. The minimum absolute atomic E-state index is 0.0728. The monoisotopic (exact) mass is 447 g/mol. The molecule has 0 bridgehead atoms. The number of carbonyl (C=O) groups excluding carboxylic acids is 1. The van der Waals surface area contributed by atoms with Crippen molar-refractivity contribution >= 4 is 19.4 Å². The molecule has 6 heteroatoms. The molecule has 1 amide bonds. The number of amides is 1. The van der Waals surface area contributed by atoms with Crippen molar-refractivity contribution < 1.29 is 19.5 Å². The first-order valence-electron chi connectivity index (χ1n) is 10.5. The molecular formula is C26H29NO4Si. The van der Waals surface area contributed by atoms with E-state index in [9.17, 15) is 10.0 Å². The molecule has 1 N–H and O–H groups in total. The molecule has 32 heavy (non-hydrogen) atoms. The first-order chi connectivity index (χ1) is 15.4. The number of hydrogen-bond donors (Lipinski definition) is 1. The van der Waals surface area contributed by atoms with E-state index in [4.69, 9.17) is 9.47 Å². The first kappa shape index (κ1) is 23.3. The Morgan fingerprint density at radius 3 is 2.22 bits per heavy atom. The van der Waals surface area contributed by atoms with Crippen LogP contribution in [0.5, 0.6) is 5.75 Å². The van der Waals surface area contributed by atoms with Gasteiger partial charge in [0.2, 0.25) is 0 Å². The highest BCUT2D eigenvalue weighted by atomic mass is 28.3. The van der Waals surface area contributed by atoms with Gasteiger partial charge in [-0.05, 0) is 11.6 Å². The highest BCUT2D eigenvalue weighted by Gasteiger charge is 2.28. The number of carbonyl (C=O) groups is 1. The van der Waals surface area contributed by atoms with Crippen LogP contribution in [-0.2, 0) is 11.3 Å². The molecule has 0 radical (unpaired) electrons. The molecule has 0 aromatic heterocycles. The van der Waals surface area contributed by atoms with Gasteiger partial charge < -0.3 is 9.47 Å². The first-order valence-corrected chi connectivity index (χ1v) is 13.6. The highest BCUT2D eigenvalue weighted by Crippen LogP contribution is 2.30. The number of hydroxylamine groups is 2. The SMILES string of the molecule is COc1ccccc1C(/C=C/[Si](C)(C)c1ccccc1)N(O)C(=O)OCc1ccccc1. The Kier molecular flexibility index (Phi) is 7.86. The second-order valence-corrected chi connectivity index (χ2v) is 12.4. The molecular weight excluding hydrogens is 418 g/mol. The summed E-state index contributed by atoms with van der Waals surface area (Å²) in [6.45, 7) is 4.50. The van der Waals surface area contributed by atoms with Crippen LogP contribution in [-0.4, -0.2) is 31.5 Å². The second kappa shape index (κ2) is 10.8. The molecule has 0 saturated carbocycles. The second-order valence-electron chi connectivity index (χ2n) is 8.02. The lowest BCUT2D eigenvalue weighted by Gasteiger charge is -2.26. The van der Waals surface area contributed by atoms with Crippen LogP contribution < -0.4 is 9.92 Å². The van der Waals surface area contributed by atoms with Crippen LogP contribution in [0.3, 0.4) is 0 Å². The van der Waals surface area contributed by atoms with E-state index >= 15 is 0 Å². The molecule has 0 fully saturated rings. The number of hydrogen-bond acceptors (Lipinski definition) is 4. The zero-order valence-electron chi connectivity index (χ0n) is 18.6. The van der Waals surface area contributed by atoms with Gasteiger partial charge in [0.05, 0.1) is 7.11 Å². The average Bonchev–Trinajstić information content (AvgIpc) is 2.84. The third-order valence-electron chi connectivity index (χ3n) is 5.33. The predicted molar refractivity (Wildman–Crippen MR) is 129 cm³/mol. The largest absolute Gasteiger partial charge is 0.496 e. The molecule has 166 valence electrons. The van der Waals surface area contributed by atoms with E-state index < -0.39 is 20.2 Å². The van der Waals surface area contributed by atoms with Gasteiger partial charge in [0.1, 0.15) is 26.5 Å². The van der Waals surface area contributed by atoms with Gasteiger partial charge in [-0.3, -0.25) is 5.21 Å². The molecule has 0 aliphatic carbocycles. The normalized spacial score (nSPS) is 12.4. The van der Waals surface area contributed by atoms with Crippen molar-refractivity contribution in [1.82, 2.24) is 5.06 Å². The summed E-state index contributed by atoms with van der Waals surface area (Å²) in [5.74, 6) is 0.580. The lowest BCUT2D eigenvalue weighted by atomic mass is 10.1. The van der Waals surface area contributed by atoms with Gasteiger partial charge in [-0.25, -0.2) is 4.79 Å². The van der Waals surface area contributed by atoms with Gasteiger partial charge in [0.15, 0.2) is 0 Å². The van der Waals surface area contributed by atoms with E-state index in [1.807, 2.05) is 72.8 Å². The molecule has 3 aromatic rings. The summed E-state index contributed by atoms with van der Waals surface area (Å²) in [4.78, 5) is 12.7. The Balaban J connectivity index is 1.87. The Hall–Kier alpha value is -3.35. The molecule has 5 nitrogen and oxygen atoms in total. The molecule has 3 aromatic carbocycles. The fourth-order valence-corrected chi connectivity index (χ4v) is 5.33. The van der Waals surface area contributed by atoms with Crippen molar-refractivity contribution in [2.24, 2.45) is 0 Å². The van der Waals surface area contributed by atoms with Crippen molar-refractivity contribution in [1.29, 1.82) is 0 Å². The van der Waals surface area contributed by atoms with E-state index in [2.05, 4.69) is 30.9 Å². The summed E-state index contributed by atoms with van der Waals surface area (Å²) in [5, 5.41) is 12.8. The zero-order valence-corrected chi connectivity index (χ0v) is 19.6. The summed E-state index contributed by atoms with van der Waals surface area (Å²) in [6, 6.07) is 26.2. The van der Waals surface area contributed by atoms with E-state index in [0.29, 0.717) is 16.4 Å². The molecule has 1 unspecified atom stereocenters.